The Morgan fingerprint density at radius 1 is 0.167 bits per heavy atom. The number of hydrogen-bond acceptors (Lipinski definition) is 2. The summed E-state index contributed by atoms with van der Waals surface area (Å²) in [5, 5.41) is 7.08. The second-order valence-electron chi connectivity index (χ2n) is 22.3. The fourth-order valence-corrected chi connectivity index (χ4v) is 13.4. The number of benzene rings is 14. The number of hydrogen-bond donors (Lipinski definition) is 0. The van der Waals surface area contributed by atoms with Crippen LogP contribution >= 0.6 is 0 Å². The van der Waals surface area contributed by atoms with Gasteiger partial charge in [0.15, 0.2) is 0 Å². The standard InChI is InChI=1S/C82H50O2/c1-2-16-51(17-3-1)71-50-72(65-30-12-28-61(46-65)57-24-8-20-53(42-57)55-22-10-26-59(44-55)63-38-40-77-73(48-63)67-32-4-6-36-75(67)83-77)81-69-34-14-18-52-19-15-35-70(79(52)69)82(81)80(71)66-31-13-29-62(47-66)58-25-9-21-54(43-58)56-23-11-27-60(45-56)64-39-41-78-74(49-64)68-33-5-7-37-76(68)84-78/h1-50H. The van der Waals surface area contributed by atoms with Crippen LogP contribution in [0.25, 0.3) is 177 Å². The first-order valence-corrected chi connectivity index (χ1v) is 28.9. The van der Waals surface area contributed by atoms with E-state index in [0.717, 1.165) is 55.0 Å². The molecule has 0 unspecified atom stereocenters. The Morgan fingerprint density at radius 3 is 0.976 bits per heavy atom. The predicted octanol–water partition coefficient (Wildman–Crippen LogP) is 23.3. The summed E-state index contributed by atoms with van der Waals surface area (Å²) >= 11 is 0. The highest BCUT2D eigenvalue weighted by molar-refractivity contribution is 6.23. The zero-order chi connectivity index (χ0) is 55.2. The summed E-state index contributed by atoms with van der Waals surface area (Å²) in [4.78, 5) is 0. The Bertz CT molecular complexity index is 5320. The van der Waals surface area contributed by atoms with Crippen molar-refractivity contribution in [3.63, 3.8) is 0 Å². The molecule has 0 saturated heterocycles. The van der Waals surface area contributed by atoms with E-state index >= 15 is 0 Å². The van der Waals surface area contributed by atoms with Crippen molar-refractivity contribution in [1.82, 2.24) is 0 Å². The lowest BCUT2D eigenvalue weighted by Crippen LogP contribution is -1.95. The van der Waals surface area contributed by atoms with Crippen LogP contribution < -0.4 is 0 Å². The van der Waals surface area contributed by atoms with Gasteiger partial charge in [0, 0.05) is 21.5 Å². The molecule has 0 N–H and O–H groups in total. The molecule has 2 aromatic heterocycles. The number of fused-ring (bicyclic) bond motifs is 9. The Morgan fingerprint density at radius 2 is 0.500 bits per heavy atom. The van der Waals surface area contributed by atoms with Gasteiger partial charge in [-0.2, -0.15) is 0 Å². The van der Waals surface area contributed by atoms with Crippen LogP contribution in [-0.2, 0) is 0 Å². The maximum atomic E-state index is 6.18. The van der Waals surface area contributed by atoms with Gasteiger partial charge < -0.3 is 8.83 Å². The lowest BCUT2D eigenvalue weighted by Gasteiger charge is -2.21. The molecule has 16 aromatic rings. The van der Waals surface area contributed by atoms with Crippen LogP contribution in [0.15, 0.2) is 312 Å². The summed E-state index contributed by atoms with van der Waals surface area (Å²) in [7, 11) is 0. The van der Waals surface area contributed by atoms with Gasteiger partial charge in [0.1, 0.15) is 22.3 Å². The van der Waals surface area contributed by atoms with E-state index in [2.05, 4.69) is 279 Å². The van der Waals surface area contributed by atoms with E-state index in [1.165, 1.54) is 122 Å². The normalized spacial score (nSPS) is 11.8. The van der Waals surface area contributed by atoms with E-state index in [0.29, 0.717) is 0 Å². The monoisotopic (exact) mass is 1070 g/mol. The highest BCUT2D eigenvalue weighted by Crippen LogP contribution is 2.57. The van der Waals surface area contributed by atoms with Crippen molar-refractivity contribution in [2.24, 2.45) is 0 Å². The van der Waals surface area contributed by atoms with Crippen molar-refractivity contribution in [2.75, 3.05) is 0 Å². The van der Waals surface area contributed by atoms with E-state index < -0.39 is 0 Å². The van der Waals surface area contributed by atoms with E-state index in [1.54, 1.807) is 0 Å². The van der Waals surface area contributed by atoms with E-state index in [4.69, 9.17) is 8.83 Å². The molecule has 17 rings (SSSR count). The Labute approximate surface area is 486 Å². The molecular weight excluding hydrogens is 1020 g/mol. The molecule has 1 aliphatic rings. The lowest BCUT2D eigenvalue weighted by atomic mass is 9.81. The zero-order valence-electron chi connectivity index (χ0n) is 45.7. The van der Waals surface area contributed by atoms with Crippen LogP contribution in [0, 0.1) is 0 Å². The van der Waals surface area contributed by atoms with Crippen LogP contribution in [0.1, 0.15) is 0 Å². The number of rotatable bonds is 9. The molecule has 1 aliphatic carbocycles. The third kappa shape index (κ3) is 7.95. The Kier molecular flexibility index (Phi) is 11.0. The fraction of sp³-hybridized carbons (Fsp3) is 0. The molecule has 0 bridgehead atoms. The van der Waals surface area contributed by atoms with Crippen molar-refractivity contribution >= 4 is 54.6 Å². The summed E-state index contributed by atoms with van der Waals surface area (Å²) in [6.07, 6.45) is 0. The maximum absolute atomic E-state index is 6.18. The zero-order valence-corrected chi connectivity index (χ0v) is 45.7. The largest absolute Gasteiger partial charge is 0.456 e. The first-order valence-electron chi connectivity index (χ1n) is 28.9. The summed E-state index contributed by atoms with van der Waals surface area (Å²) in [5.41, 5.74) is 29.9. The third-order valence-electron chi connectivity index (χ3n) is 17.4. The lowest BCUT2D eigenvalue weighted by molar-refractivity contribution is 0.668. The quantitative estimate of drug-likeness (QED) is 0.144. The van der Waals surface area contributed by atoms with E-state index in [9.17, 15) is 0 Å². The molecule has 0 aliphatic heterocycles. The summed E-state index contributed by atoms with van der Waals surface area (Å²) in [6.45, 7) is 0. The third-order valence-corrected chi connectivity index (χ3v) is 17.4. The molecule has 0 radical (unpaired) electrons. The second-order valence-corrected chi connectivity index (χ2v) is 22.3. The number of para-hydroxylation sites is 2. The van der Waals surface area contributed by atoms with Gasteiger partial charge in [0.25, 0.3) is 0 Å². The van der Waals surface area contributed by atoms with Crippen LogP contribution in [-0.4, -0.2) is 0 Å². The van der Waals surface area contributed by atoms with Gasteiger partial charge in [0.2, 0.25) is 0 Å². The molecule has 390 valence electrons. The van der Waals surface area contributed by atoms with Gasteiger partial charge in [-0.05, 0) is 212 Å². The minimum Gasteiger partial charge on any atom is -0.456 e. The van der Waals surface area contributed by atoms with Gasteiger partial charge >= 0.3 is 0 Å². The minimum absolute atomic E-state index is 0.904. The average Bonchev–Trinajstić information content (AvgIpc) is 2.30. The number of furan rings is 2. The van der Waals surface area contributed by atoms with Gasteiger partial charge in [-0.1, -0.05) is 224 Å². The van der Waals surface area contributed by atoms with Gasteiger partial charge in [0.05, 0.1) is 0 Å². The topological polar surface area (TPSA) is 26.3 Å². The van der Waals surface area contributed by atoms with Crippen molar-refractivity contribution < 1.29 is 8.83 Å². The van der Waals surface area contributed by atoms with Gasteiger partial charge in [-0.15, -0.1) is 0 Å². The predicted molar refractivity (Wildman–Crippen MR) is 352 cm³/mol. The van der Waals surface area contributed by atoms with Crippen LogP contribution in [0.5, 0.6) is 0 Å². The first-order chi connectivity index (χ1) is 41.6. The van der Waals surface area contributed by atoms with E-state index in [-0.39, 0.29) is 0 Å². The first kappa shape index (κ1) is 47.7. The summed E-state index contributed by atoms with van der Waals surface area (Å²) < 4.78 is 12.4. The van der Waals surface area contributed by atoms with Crippen LogP contribution in [0.4, 0.5) is 0 Å². The van der Waals surface area contributed by atoms with Crippen LogP contribution in [0.3, 0.4) is 0 Å². The molecular formula is C82H50O2. The molecule has 0 fully saturated rings. The molecule has 0 saturated carbocycles. The van der Waals surface area contributed by atoms with Crippen LogP contribution in [0.2, 0.25) is 0 Å². The molecule has 2 heterocycles. The highest BCUT2D eigenvalue weighted by atomic mass is 16.3. The smallest absolute Gasteiger partial charge is 0.135 e. The molecule has 14 aromatic carbocycles. The highest BCUT2D eigenvalue weighted by Gasteiger charge is 2.30. The van der Waals surface area contributed by atoms with Crippen molar-refractivity contribution in [1.29, 1.82) is 0 Å². The van der Waals surface area contributed by atoms with Crippen molar-refractivity contribution in [2.45, 2.75) is 0 Å². The summed E-state index contributed by atoms with van der Waals surface area (Å²) in [6, 6.07) is 111. The van der Waals surface area contributed by atoms with Gasteiger partial charge in [-0.3, -0.25) is 0 Å². The Balaban J connectivity index is 0.767. The SMILES string of the molecule is c1ccc(-c2cc(-c3cccc(-c4cccc(-c5cccc(-c6ccc7oc8ccccc8c7c6)c5)c4)c3)c3c(c2-c2cccc(-c4cccc(-c5cccc(-c6ccc7oc8ccccc8c7c6)c5)c4)c2)-c2cccc4cccc-3c24)cc1. The maximum Gasteiger partial charge on any atom is 0.135 e. The second kappa shape index (κ2) is 19.3. The van der Waals surface area contributed by atoms with Crippen molar-refractivity contribution in [3.05, 3.63) is 303 Å². The molecule has 2 heteroatoms. The van der Waals surface area contributed by atoms with Crippen molar-refractivity contribution in [3.8, 4) is 122 Å². The van der Waals surface area contributed by atoms with E-state index in [1.807, 2.05) is 24.3 Å². The average molecular weight is 1070 g/mol. The molecule has 0 amide bonds. The Hall–Kier alpha value is -11.1. The minimum atomic E-state index is 0.904. The summed E-state index contributed by atoms with van der Waals surface area (Å²) in [5.74, 6) is 0. The fourth-order valence-electron chi connectivity index (χ4n) is 13.4. The molecule has 2 nitrogen and oxygen atoms in total. The molecule has 84 heavy (non-hydrogen) atoms. The molecule has 0 atom stereocenters. The molecule has 0 spiro atoms. The van der Waals surface area contributed by atoms with Gasteiger partial charge in [-0.25, -0.2) is 0 Å².